The molecule has 0 saturated heterocycles. The number of hydrogen-bond acceptors (Lipinski definition) is 6. The molecule has 0 unspecified atom stereocenters. The number of hydrogen-bond donors (Lipinski definition) is 2. The average Bonchev–Trinajstić information content (AvgIpc) is 2.94. The molecule has 0 spiro atoms. The highest BCUT2D eigenvalue weighted by atomic mass is 16.5. The van der Waals surface area contributed by atoms with E-state index in [4.69, 9.17) is 4.74 Å². The van der Waals surface area contributed by atoms with E-state index in [0.717, 1.165) is 24.4 Å². The summed E-state index contributed by atoms with van der Waals surface area (Å²) in [5.74, 6) is 1.22. The Labute approximate surface area is 123 Å². The van der Waals surface area contributed by atoms with Crippen molar-refractivity contribution in [2.75, 3.05) is 30.3 Å². The highest BCUT2D eigenvalue weighted by Crippen LogP contribution is 2.16. The van der Waals surface area contributed by atoms with Gasteiger partial charge in [0.2, 0.25) is 0 Å². The Hall–Kier alpha value is -2.31. The molecule has 2 aromatic rings. The first-order chi connectivity index (χ1) is 10.2. The molecule has 21 heavy (non-hydrogen) atoms. The van der Waals surface area contributed by atoms with Crippen molar-refractivity contribution in [2.24, 2.45) is 0 Å². The molecule has 7 nitrogen and oxygen atoms in total. The van der Waals surface area contributed by atoms with Crippen molar-refractivity contribution in [2.45, 2.75) is 26.7 Å². The largest absolute Gasteiger partial charge is 0.466 e. The molecule has 7 heteroatoms. The monoisotopic (exact) mass is 291 g/mol. The molecule has 2 aromatic heterocycles. The summed E-state index contributed by atoms with van der Waals surface area (Å²) < 4.78 is 6.80. The summed E-state index contributed by atoms with van der Waals surface area (Å²) in [5.41, 5.74) is 0.737. The van der Waals surface area contributed by atoms with Crippen molar-refractivity contribution in [1.29, 1.82) is 0 Å². The summed E-state index contributed by atoms with van der Waals surface area (Å²) in [6, 6.07) is 0. The van der Waals surface area contributed by atoms with Gasteiger partial charge in [0.1, 0.15) is 5.82 Å². The van der Waals surface area contributed by atoms with Crippen molar-refractivity contribution in [1.82, 2.24) is 14.4 Å². The fraction of sp³-hybridized carbons (Fsp3) is 0.500. The van der Waals surface area contributed by atoms with Crippen LogP contribution in [0.5, 0.6) is 0 Å². The number of aromatic nitrogens is 3. The number of carbonyl (C=O) groups is 1. The summed E-state index contributed by atoms with van der Waals surface area (Å²) in [6.45, 7) is 5.62. The van der Waals surface area contributed by atoms with E-state index in [1.54, 1.807) is 13.1 Å². The molecule has 2 heterocycles. The first kappa shape index (κ1) is 15.1. The molecule has 2 N–H and O–H groups in total. The van der Waals surface area contributed by atoms with Gasteiger partial charge in [-0.05, 0) is 13.3 Å². The Balaban J connectivity index is 2.06. The van der Waals surface area contributed by atoms with Gasteiger partial charge in [0.15, 0.2) is 11.5 Å². The Morgan fingerprint density at radius 1 is 1.33 bits per heavy atom. The van der Waals surface area contributed by atoms with Crippen LogP contribution in [0.15, 0.2) is 18.6 Å². The van der Waals surface area contributed by atoms with E-state index in [-0.39, 0.29) is 5.97 Å². The Morgan fingerprint density at radius 3 is 2.95 bits per heavy atom. The van der Waals surface area contributed by atoms with Crippen LogP contribution < -0.4 is 10.6 Å². The Bertz CT molecular complexity index is 596. The van der Waals surface area contributed by atoms with Crippen molar-refractivity contribution in [3.63, 3.8) is 0 Å². The van der Waals surface area contributed by atoms with Gasteiger partial charge < -0.3 is 19.8 Å². The van der Waals surface area contributed by atoms with Crippen LogP contribution in [0.3, 0.4) is 0 Å². The van der Waals surface area contributed by atoms with Gasteiger partial charge in [0.05, 0.1) is 19.2 Å². The minimum absolute atomic E-state index is 0.218. The molecular formula is C14H21N5O2. The molecular weight excluding hydrogens is 270 g/mol. The number of nitrogens with one attached hydrogen (secondary N) is 2. The van der Waals surface area contributed by atoms with E-state index in [0.29, 0.717) is 25.4 Å². The van der Waals surface area contributed by atoms with E-state index in [1.807, 2.05) is 16.8 Å². The SMILES string of the molecule is CCCNc1cn2ccnc2c(NCCC(=O)OCC)n1. The van der Waals surface area contributed by atoms with Gasteiger partial charge in [-0.15, -0.1) is 0 Å². The van der Waals surface area contributed by atoms with Gasteiger partial charge in [0.25, 0.3) is 0 Å². The van der Waals surface area contributed by atoms with Gasteiger partial charge >= 0.3 is 5.97 Å². The summed E-state index contributed by atoms with van der Waals surface area (Å²) in [5, 5.41) is 6.39. The molecule has 0 amide bonds. The predicted octanol–water partition coefficient (Wildman–Crippen LogP) is 1.92. The van der Waals surface area contributed by atoms with E-state index >= 15 is 0 Å². The maximum absolute atomic E-state index is 11.3. The van der Waals surface area contributed by atoms with Crippen LogP contribution in [0.1, 0.15) is 26.7 Å². The molecule has 0 atom stereocenters. The quantitative estimate of drug-likeness (QED) is 0.723. The number of esters is 1. The van der Waals surface area contributed by atoms with Crippen molar-refractivity contribution in [3.05, 3.63) is 18.6 Å². The van der Waals surface area contributed by atoms with Crippen LogP contribution in [0.4, 0.5) is 11.6 Å². The fourth-order valence-corrected chi connectivity index (χ4v) is 1.90. The lowest BCUT2D eigenvalue weighted by Gasteiger charge is -2.10. The normalized spacial score (nSPS) is 10.6. The first-order valence-electron chi connectivity index (χ1n) is 7.21. The lowest BCUT2D eigenvalue weighted by molar-refractivity contribution is -0.142. The molecule has 0 bridgehead atoms. The molecule has 0 fully saturated rings. The highest BCUT2D eigenvalue weighted by molar-refractivity contribution is 5.71. The summed E-state index contributed by atoms with van der Waals surface area (Å²) in [6.07, 6.45) is 6.81. The third-order valence-corrected chi connectivity index (χ3v) is 2.86. The maximum atomic E-state index is 11.3. The number of carbonyl (C=O) groups excluding carboxylic acids is 1. The van der Waals surface area contributed by atoms with Gasteiger partial charge in [0, 0.05) is 25.5 Å². The smallest absolute Gasteiger partial charge is 0.307 e. The zero-order valence-corrected chi connectivity index (χ0v) is 12.4. The molecule has 0 radical (unpaired) electrons. The standard InChI is InChI=1S/C14H21N5O2/c1-3-6-15-11-10-19-9-8-17-14(19)13(18-11)16-7-5-12(20)21-4-2/h8-10,15H,3-7H2,1-2H3,(H,16,18). The van der Waals surface area contributed by atoms with E-state index in [9.17, 15) is 4.79 Å². The Morgan fingerprint density at radius 2 is 2.19 bits per heavy atom. The zero-order chi connectivity index (χ0) is 15.1. The molecule has 114 valence electrons. The van der Waals surface area contributed by atoms with E-state index < -0.39 is 0 Å². The van der Waals surface area contributed by atoms with E-state index in [2.05, 4.69) is 27.5 Å². The van der Waals surface area contributed by atoms with Gasteiger partial charge in [-0.2, -0.15) is 0 Å². The predicted molar refractivity (Wildman–Crippen MR) is 81.5 cm³/mol. The summed E-state index contributed by atoms with van der Waals surface area (Å²) in [4.78, 5) is 20.1. The minimum Gasteiger partial charge on any atom is -0.466 e. The van der Waals surface area contributed by atoms with Crippen LogP contribution in [-0.4, -0.2) is 40.0 Å². The number of rotatable bonds is 8. The van der Waals surface area contributed by atoms with Gasteiger partial charge in [-0.3, -0.25) is 4.79 Å². The molecule has 0 aliphatic rings. The zero-order valence-electron chi connectivity index (χ0n) is 12.4. The van der Waals surface area contributed by atoms with Crippen LogP contribution in [0.2, 0.25) is 0 Å². The summed E-state index contributed by atoms with van der Waals surface area (Å²) >= 11 is 0. The van der Waals surface area contributed by atoms with Gasteiger partial charge in [-0.1, -0.05) is 6.92 Å². The van der Waals surface area contributed by atoms with Crippen LogP contribution >= 0.6 is 0 Å². The third-order valence-electron chi connectivity index (χ3n) is 2.86. The van der Waals surface area contributed by atoms with E-state index in [1.165, 1.54) is 0 Å². The number of nitrogens with zero attached hydrogens (tertiary/aromatic N) is 3. The second-order valence-corrected chi connectivity index (χ2v) is 4.54. The van der Waals surface area contributed by atoms with Crippen molar-refractivity contribution < 1.29 is 9.53 Å². The second-order valence-electron chi connectivity index (χ2n) is 4.54. The number of anilines is 2. The maximum Gasteiger partial charge on any atom is 0.307 e. The van der Waals surface area contributed by atoms with Crippen molar-refractivity contribution >= 4 is 23.3 Å². The average molecular weight is 291 g/mol. The lowest BCUT2D eigenvalue weighted by atomic mass is 10.4. The third kappa shape index (κ3) is 4.08. The van der Waals surface area contributed by atoms with Crippen molar-refractivity contribution in [3.8, 4) is 0 Å². The molecule has 0 aliphatic carbocycles. The summed E-state index contributed by atoms with van der Waals surface area (Å²) in [7, 11) is 0. The second kappa shape index (κ2) is 7.47. The minimum atomic E-state index is -0.218. The molecule has 2 rings (SSSR count). The lowest BCUT2D eigenvalue weighted by Crippen LogP contribution is -2.13. The number of fused-ring (bicyclic) bond motifs is 1. The van der Waals surface area contributed by atoms with Crippen LogP contribution in [0.25, 0.3) is 5.65 Å². The Kier molecular flexibility index (Phi) is 5.36. The first-order valence-corrected chi connectivity index (χ1v) is 7.21. The number of imidazole rings is 1. The number of ether oxygens (including phenoxy) is 1. The van der Waals surface area contributed by atoms with Crippen LogP contribution in [0, 0.1) is 0 Å². The molecule has 0 saturated carbocycles. The molecule has 0 aliphatic heterocycles. The highest BCUT2D eigenvalue weighted by Gasteiger charge is 2.08. The topological polar surface area (TPSA) is 80.5 Å². The fourth-order valence-electron chi connectivity index (χ4n) is 1.90. The van der Waals surface area contributed by atoms with Gasteiger partial charge in [-0.25, -0.2) is 9.97 Å². The van der Waals surface area contributed by atoms with Crippen LogP contribution in [-0.2, 0) is 9.53 Å². The molecule has 0 aromatic carbocycles.